The molecule has 3 aromatic carbocycles. The van der Waals surface area contributed by atoms with E-state index < -0.39 is 0 Å². The van der Waals surface area contributed by atoms with Gasteiger partial charge in [-0.1, -0.05) is 66.4 Å². The highest BCUT2D eigenvalue weighted by atomic mass is 32.1. The topological polar surface area (TPSA) is 29.3 Å². The van der Waals surface area contributed by atoms with Gasteiger partial charge >= 0.3 is 0 Å². The summed E-state index contributed by atoms with van der Waals surface area (Å²) in [6.07, 6.45) is 0. The van der Waals surface area contributed by atoms with E-state index in [1.807, 2.05) is 31.3 Å². The Kier molecular flexibility index (Phi) is 3.67. The Morgan fingerprint density at radius 3 is 2.58 bits per heavy atom. The number of para-hydroxylation sites is 1. The molecule has 0 saturated heterocycles. The molecule has 0 spiro atoms. The lowest BCUT2D eigenvalue weighted by molar-refractivity contribution is 0.839. The van der Waals surface area contributed by atoms with Gasteiger partial charge in [0.2, 0.25) is 4.80 Å². The summed E-state index contributed by atoms with van der Waals surface area (Å²) in [5.74, 6) is 0. The van der Waals surface area contributed by atoms with Crippen LogP contribution < -0.4 is 10.2 Å². The number of fused-ring (bicyclic) bond motifs is 2. The van der Waals surface area contributed by atoms with Crippen molar-refractivity contribution < 1.29 is 0 Å². The lowest BCUT2D eigenvalue weighted by Crippen LogP contribution is -2.16. The fourth-order valence-electron chi connectivity index (χ4n) is 2.75. The van der Waals surface area contributed by atoms with Crippen LogP contribution in [0.3, 0.4) is 0 Å². The van der Waals surface area contributed by atoms with Gasteiger partial charge in [-0.05, 0) is 34.5 Å². The van der Waals surface area contributed by atoms with Crippen molar-refractivity contribution >= 4 is 38.0 Å². The number of hydrogen-bond acceptors (Lipinski definition) is 3. The highest BCUT2D eigenvalue weighted by molar-refractivity contribution is 7.16. The van der Waals surface area contributed by atoms with Crippen molar-refractivity contribution in [2.24, 2.45) is 12.1 Å². The van der Waals surface area contributed by atoms with Crippen molar-refractivity contribution in [1.29, 1.82) is 0 Å². The molecule has 0 amide bonds. The number of aromatic nitrogens is 1. The standard InChI is InChI=1S/C20H17N3S/c1-14(16-12-11-15-7-3-4-8-17(15)13-16)21-22-20-23(2)18-9-5-6-10-19(18)24-20/h3-13,21H,1H2,2H3. The number of nitrogens with one attached hydrogen (secondary N) is 1. The lowest BCUT2D eigenvalue weighted by Gasteiger charge is -2.06. The summed E-state index contributed by atoms with van der Waals surface area (Å²) >= 11 is 1.66. The van der Waals surface area contributed by atoms with Crippen LogP contribution in [0.2, 0.25) is 0 Å². The Labute approximate surface area is 144 Å². The molecule has 0 aliphatic rings. The summed E-state index contributed by atoms with van der Waals surface area (Å²) in [5, 5.41) is 6.95. The maximum atomic E-state index is 4.53. The second kappa shape index (κ2) is 5.98. The highest BCUT2D eigenvalue weighted by Gasteiger charge is 2.03. The molecule has 24 heavy (non-hydrogen) atoms. The first-order chi connectivity index (χ1) is 11.7. The van der Waals surface area contributed by atoms with Crippen LogP contribution in [0.15, 0.2) is 78.4 Å². The van der Waals surface area contributed by atoms with Crippen molar-refractivity contribution in [2.45, 2.75) is 0 Å². The zero-order valence-electron chi connectivity index (χ0n) is 13.4. The SMILES string of the molecule is C=C(NN=c1sc2ccccc2n1C)c1ccc2ccccc2c1. The van der Waals surface area contributed by atoms with E-state index in [-0.39, 0.29) is 0 Å². The second-order valence-corrected chi connectivity index (χ2v) is 6.68. The third-order valence-corrected chi connectivity index (χ3v) is 5.21. The van der Waals surface area contributed by atoms with E-state index in [0.29, 0.717) is 0 Å². The van der Waals surface area contributed by atoms with E-state index >= 15 is 0 Å². The maximum absolute atomic E-state index is 4.53. The van der Waals surface area contributed by atoms with Gasteiger partial charge in [0.15, 0.2) is 0 Å². The molecule has 4 heteroatoms. The third-order valence-electron chi connectivity index (χ3n) is 4.10. The van der Waals surface area contributed by atoms with Gasteiger partial charge in [-0.2, -0.15) is 0 Å². The minimum absolute atomic E-state index is 0.790. The van der Waals surface area contributed by atoms with Crippen molar-refractivity contribution in [3.05, 3.63) is 83.7 Å². The first-order valence-corrected chi connectivity index (χ1v) is 8.56. The zero-order valence-corrected chi connectivity index (χ0v) is 14.2. The molecule has 4 rings (SSSR count). The van der Waals surface area contributed by atoms with Crippen LogP contribution in [0.4, 0.5) is 0 Å². The molecule has 1 heterocycles. The molecule has 0 aliphatic heterocycles. The predicted molar refractivity (Wildman–Crippen MR) is 102 cm³/mol. The molecule has 0 unspecified atom stereocenters. The number of hydrogen-bond donors (Lipinski definition) is 1. The number of thiazole rings is 1. The van der Waals surface area contributed by atoms with Crippen molar-refractivity contribution in [2.75, 3.05) is 0 Å². The molecule has 0 atom stereocenters. The van der Waals surface area contributed by atoms with Crippen molar-refractivity contribution in [1.82, 2.24) is 9.99 Å². The van der Waals surface area contributed by atoms with E-state index in [1.165, 1.54) is 21.0 Å². The van der Waals surface area contributed by atoms with Gasteiger partial charge in [-0.25, -0.2) is 0 Å². The summed E-state index contributed by atoms with van der Waals surface area (Å²) in [5.41, 5.74) is 6.11. The number of nitrogens with zero attached hydrogens (tertiary/aromatic N) is 2. The largest absolute Gasteiger partial charge is 0.318 e. The fourth-order valence-corrected chi connectivity index (χ4v) is 3.72. The molecule has 4 aromatic rings. The Morgan fingerprint density at radius 2 is 1.75 bits per heavy atom. The van der Waals surface area contributed by atoms with Gasteiger partial charge in [0.1, 0.15) is 0 Å². The average Bonchev–Trinajstić information content (AvgIpc) is 2.95. The predicted octanol–water partition coefficient (Wildman–Crippen LogP) is 4.47. The molecule has 3 nitrogen and oxygen atoms in total. The molecule has 1 N–H and O–H groups in total. The van der Waals surface area contributed by atoms with Crippen LogP contribution in [-0.4, -0.2) is 4.57 Å². The maximum Gasteiger partial charge on any atom is 0.208 e. The quantitative estimate of drug-likeness (QED) is 0.552. The molecule has 0 aliphatic carbocycles. The first kappa shape index (κ1) is 14.7. The number of rotatable bonds is 3. The van der Waals surface area contributed by atoms with Crippen LogP contribution >= 0.6 is 11.3 Å². The summed E-state index contributed by atoms with van der Waals surface area (Å²) in [6.45, 7) is 4.12. The number of aryl methyl sites for hydroxylation is 1. The highest BCUT2D eigenvalue weighted by Crippen LogP contribution is 2.19. The summed E-state index contributed by atoms with van der Waals surface area (Å²) in [4.78, 5) is 0.915. The van der Waals surface area contributed by atoms with Gasteiger partial charge in [-0.15, -0.1) is 5.10 Å². The van der Waals surface area contributed by atoms with Crippen molar-refractivity contribution in [3.8, 4) is 0 Å². The van der Waals surface area contributed by atoms with Gasteiger partial charge in [0, 0.05) is 7.05 Å². The van der Waals surface area contributed by atoms with Crippen LogP contribution in [-0.2, 0) is 7.05 Å². The molecular formula is C20H17N3S. The van der Waals surface area contributed by atoms with E-state index in [2.05, 4.69) is 64.1 Å². The van der Waals surface area contributed by atoms with E-state index in [9.17, 15) is 0 Å². The smallest absolute Gasteiger partial charge is 0.208 e. The van der Waals surface area contributed by atoms with E-state index in [0.717, 1.165) is 16.1 Å². The molecule has 1 aromatic heterocycles. The fraction of sp³-hybridized carbons (Fsp3) is 0.0500. The normalized spacial score (nSPS) is 12.0. The van der Waals surface area contributed by atoms with Gasteiger partial charge in [0.25, 0.3) is 0 Å². The lowest BCUT2D eigenvalue weighted by atomic mass is 10.1. The van der Waals surface area contributed by atoms with E-state index in [1.54, 1.807) is 11.3 Å². The minimum Gasteiger partial charge on any atom is -0.318 e. The average molecular weight is 331 g/mol. The van der Waals surface area contributed by atoms with Crippen LogP contribution in [0, 0.1) is 0 Å². The second-order valence-electron chi connectivity index (χ2n) is 5.68. The molecule has 118 valence electrons. The third kappa shape index (κ3) is 2.61. The first-order valence-electron chi connectivity index (χ1n) is 7.75. The summed E-state index contributed by atoms with van der Waals surface area (Å²) < 4.78 is 3.30. The summed E-state index contributed by atoms with van der Waals surface area (Å²) in [6, 6.07) is 22.9. The van der Waals surface area contributed by atoms with Gasteiger partial charge in [0.05, 0.1) is 15.9 Å². The van der Waals surface area contributed by atoms with Crippen LogP contribution in [0.5, 0.6) is 0 Å². The molecular weight excluding hydrogens is 314 g/mol. The monoisotopic (exact) mass is 331 g/mol. The zero-order chi connectivity index (χ0) is 16.5. The Bertz CT molecular complexity index is 1120. The van der Waals surface area contributed by atoms with Crippen LogP contribution in [0.1, 0.15) is 5.56 Å². The molecule has 0 saturated carbocycles. The van der Waals surface area contributed by atoms with Gasteiger partial charge in [-0.3, -0.25) is 5.43 Å². The Balaban J connectivity index is 1.66. The van der Waals surface area contributed by atoms with Crippen LogP contribution in [0.25, 0.3) is 26.7 Å². The molecule has 0 bridgehead atoms. The molecule has 0 radical (unpaired) electrons. The van der Waals surface area contributed by atoms with Gasteiger partial charge < -0.3 is 4.57 Å². The van der Waals surface area contributed by atoms with E-state index in [4.69, 9.17) is 0 Å². The molecule has 0 fully saturated rings. The Hall–Kier alpha value is -2.85. The minimum atomic E-state index is 0.790. The Morgan fingerprint density at radius 1 is 1.00 bits per heavy atom. The number of benzene rings is 3. The van der Waals surface area contributed by atoms with Crippen molar-refractivity contribution in [3.63, 3.8) is 0 Å². The summed E-state index contributed by atoms with van der Waals surface area (Å²) in [7, 11) is 2.03.